The first kappa shape index (κ1) is 16.5. The highest BCUT2D eigenvalue weighted by atomic mass is 19.1. The Morgan fingerprint density at radius 1 is 1.35 bits per heavy atom. The quantitative estimate of drug-likeness (QED) is 0.802. The van der Waals surface area contributed by atoms with Crippen LogP contribution < -0.4 is 15.4 Å². The molecule has 0 aliphatic rings. The Kier molecular flexibility index (Phi) is 5.68. The summed E-state index contributed by atoms with van der Waals surface area (Å²) in [6.07, 6.45) is 1.64. The molecular formula is C17H18FN3O2. The van der Waals surface area contributed by atoms with Gasteiger partial charge in [0.05, 0.1) is 5.69 Å². The molecule has 120 valence electrons. The molecule has 0 bridgehead atoms. The van der Waals surface area contributed by atoms with E-state index in [9.17, 15) is 9.18 Å². The number of pyridine rings is 1. The summed E-state index contributed by atoms with van der Waals surface area (Å²) in [7, 11) is 0. The zero-order chi connectivity index (χ0) is 16.7. The van der Waals surface area contributed by atoms with Crippen molar-refractivity contribution in [1.82, 2.24) is 10.3 Å². The number of amides is 2. The predicted octanol–water partition coefficient (Wildman–Crippen LogP) is 3.50. The van der Waals surface area contributed by atoms with Crippen LogP contribution >= 0.6 is 0 Å². The molecule has 5 nitrogen and oxygen atoms in total. The van der Waals surface area contributed by atoms with Crippen LogP contribution in [-0.4, -0.2) is 17.6 Å². The molecule has 0 aliphatic carbocycles. The Balaban J connectivity index is 1.92. The number of benzene rings is 1. The average Bonchev–Trinajstić information content (AvgIpc) is 2.53. The van der Waals surface area contributed by atoms with E-state index in [0.717, 1.165) is 5.57 Å². The molecule has 0 radical (unpaired) electrons. The fourth-order valence-electron chi connectivity index (χ4n) is 1.74. The molecule has 0 fully saturated rings. The first-order chi connectivity index (χ1) is 11.0. The van der Waals surface area contributed by atoms with Gasteiger partial charge in [0, 0.05) is 24.5 Å². The van der Waals surface area contributed by atoms with Gasteiger partial charge in [0.1, 0.15) is 6.61 Å². The number of anilines is 1. The van der Waals surface area contributed by atoms with E-state index in [2.05, 4.69) is 22.2 Å². The smallest absolute Gasteiger partial charge is 0.319 e. The molecule has 1 aromatic heterocycles. The van der Waals surface area contributed by atoms with Gasteiger partial charge in [0.15, 0.2) is 11.6 Å². The zero-order valence-corrected chi connectivity index (χ0v) is 12.8. The molecule has 0 saturated heterocycles. The van der Waals surface area contributed by atoms with Crippen molar-refractivity contribution in [3.8, 4) is 5.75 Å². The standard InChI is InChI=1S/C17H18FN3O2/c1-12(2)10-20-17(22)21-13-6-7-16(15(18)9-13)23-11-14-5-3-4-8-19-14/h3-9H,1,10-11H2,2H3,(H2,20,21,22). The minimum atomic E-state index is -0.557. The number of ether oxygens (including phenoxy) is 1. The van der Waals surface area contributed by atoms with Gasteiger partial charge >= 0.3 is 6.03 Å². The molecule has 0 saturated carbocycles. The second-order valence-corrected chi connectivity index (χ2v) is 5.02. The molecular weight excluding hydrogens is 297 g/mol. The maximum Gasteiger partial charge on any atom is 0.319 e. The summed E-state index contributed by atoms with van der Waals surface area (Å²) >= 11 is 0. The number of carbonyl (C=O) groups is 1. The topological polar surface area (TPSA) is 63.2 Å². The lowest BCUT2D eigenvalue weighted by Crippen LogP contribution is -2.29. The van der Waals surface area contributed by atoms with E-state index in [0.29, 0.717) is 17.9 Å². The molecule has 0 atom stereocenters. The second-order valence-electron chi connectivity index (χ2n) is 5.02. The van der Waals surface area contributed by atoms with Gasteiger partial charge in [-0.15, -0.1) is 0 Å². The Bertz CT molecular complexity index is 689. The number of hydrogen-bond acceptors (Lipinski definition) is 3. The molecule has 1 aromatic carbocycles. The molecule has 0 aliphatic heterocycles. The fraction of sp³-hybridized carbons (Fsp3) is 0.176. The van der Waals surface area contributed by atoms with Crippen LogP contribution in [0.15, 0.2) is 54.7 Å². The Morgan fingerprint density at radius 2 is 2.17 bits per heavy atom. The SMILES string of the molecule is C=C(C)CNC(=O)Nc1ccc(OCc2ccccn2)c(F)c1. The van der Waals surface area contributed by atoms with Crippen molar-refractivity contribution in [3.63, 3.8) is 0 Å². The van der Waals surface area contributed by atoms with Crippen molar-refractivity contribution in [1.29, 1.82) is 0 Å². The van der Waals surface area contributed by atoms with Crippen LogP contribution in [0.25, 0.3) is 0 Å². The van der Waals surface area contributed by atoms with Crippen LogP contribution in [0.4, 0.5) is 14.9 Å². The number of nitrogens with zero attached hydrogens (tertiary/aromatic N) is 1. The lowest BCUT2D eigenvalue weighted by molar-refractivity contribution is 0.253. The summed E-state index contributed by atoms with van der Waals surface area (Å²) in [6, 6.07) is 9.23. The Hall–Kier alpha value is -2.89. The van der Waals surface area contributed by atoms with E-state index in [-0.39, 0.29) is 12.4 Å². The maximum atomic E-state index is 14.0. The fourth-order valence-corrected chi connectivity index (χ4v) is 1.74. The van der Waals surface area contributed by atoms with Gasteiger partial charge in [-0.25, -0.2) is 9.18 Å². The Morgan fingerprint density at radius 3 is 2.83 bits per heavy atom. The lowest BCUT2D eigenvalue weighted by Gasteiger charge is -2.10. The number of carbonyl (C=O) groups excluding carboxylic acids is 1. The van der Waals surface area contributed by atoms with E-state index in [1.165, 1.54) is 12.1 Å². The van der Waals surface area contributed by atoms with Crippen molar-refractivity contribution in [2.75, 3.05) is 11.9 Å². The highest BCUT2D eigenvalue weighted by Gasteiger charge is 2.08. The molecule has 2 rings (SSSR count). The summed E-state index contributed by atoms with van der Waals surface area (Å²) in [5, 5.41) is 5.14. The van der Waals surface area contributed by atoms with E-state index in [4.69, 9.17) is 4.74 Å². The summed E-state index contributed by atoms with van der Waals surface area (Å²) in [6.45, 7) is 6.01. The number of nitrogens with one attached hydrogen (secondary N) is 2. The molecule has 23 heavy (non-hydrogen) atoms. The summed E-state index contributed by atoms with van der Waals surface area (Å²) in [5.74, 6) is -0.456. The van der Waals surface area contributed by atoms with Gasteiger partial charge in [-0.3, -0.25) is 4.98 Å². The van der Waals surface area contributed by atoms with Crippen LogP contribution in [-0.2, 0) is 6.61 Å². The molecule has 2 N–H and O–H groups in total. The zero-order valence-electron chi connectivity index (χ0n) is 12.8. The minimum absolute atomic E-state index is 0.101. The predicted molar refractivity (Wildman–Crippen MR) is 86.8 cm³/mol. The van der Waals surface area contributed by atoms with Gasteiger partial charge in [-0.1, -0.05) is 18.2 Å². The molecule has 1 heterocycles. The average molecular weight is 315 g/mol. The normalized spacial score (nSPS) is 10.0. The number of rotatable bonds is 6. The maximum absolute atomic E-state index is 14.0. The molecule has 0 spiro atoms. The third-order valence-corrected chi connectivity index (χ3v) is 2.84. The molecule has 2 amide bonds. The van der Waals surface area contributed by atoms with Gasteiger partial charge in [-0.05, 0) is 31.2 Å². The minimum Gasteiger partial charge on any atom is -0.484 e. The van der Waals surface area contributed by atoms with Crippen molar-refractivity contribution >= 4 is 11.7 Å². The third-order valence-electron chi connectivity index (χ3n) is 2.84. The first-order valence-corrected chi connectivity index (χ1v) is 7.06. The van der Waals surface area contributed by atoms with Gasteiger partial charge in [0.2, 0.25) is 0 Å². The second kappa shape index (κ2) is 7.93. The van der Waals surface area contributed by atoms with E-state index < -0.39 is 11.8 Å². The molecule has 6 heteroatoms. The lowest BCUT2D eigenvalue weighted by atomic mass is 10.3. The van der Waals surface area contributed by atoms with Crippen LogP contribution in [0, 0.1) is 5.82 Å². The summed E-state index contributed by atoms with van der Waals surface area (Å²) in [4.78, 5) is 15.7. The first-order valence-electron chi connectivity index (χ1n) is 7.06. The van der Waals surface area contributed by atoms with E-state index in [1.54, 1.807) is 31.3 Å². The Labute approximate surface area is 134 Å². The highest BCUT2D eigenvalue weighted by molar-refractivity contribution is 5.89. The third kappa shape index (κ3) is 5.43. The largest absolute Gasteiger partial charge is 0.484 e. The van der Waals surface area contributed by atoms with Crippen LogP contribution in [0.3, 0.4) is 0 Å². The van der Waals surface area contributed by atoms with Crippen LogP contribution in [0.1, 0.15) is 12.6 Å². The molecule has 0 unspecified atom stereocenters. The van der Waals surface area contributed by atoms with Crippen LogP contribution in [0.5, 0.6) is 5.75 Å². The summed E-state index contributed by atoms with van der Waals surface area (Å²) < 4.78 is 19.4. The van der Waals surface area contributed by atoms with E-state index >= 15 is 0 Å². The number of urea groups is 1. The van der Waals surface area contributed by atoms with Crippen molar-refractivity contribution in [2.24, 2.45) is 0 Å². The van der Waals surface area contributed by atoms with Crippen LogP contribution in [0.2, 0.25) is 0 Å². The van der Waals surface area contributed by atoms with Gasteiger partial charge in [0.25, 0.3) is 0 Å². The van der Waals surface area contributed by atoms with Crippen molar-refractivity contribution in [2.45, 2.75) is 13.5 Å². The monoisotopic (exact) mass is 315 g/mol. The summed E-state index contributed by atoms with van der Waals surface area (Å²) in [5.41, 5.74) is 1.87. The highest BCUT2D eigenvalue weighted by Crippen LogP contribution is 2.22. The number of hydrogen-bond donors (Lipinski definition) is 2. The number of aromatic nitrogens is 1. The van der Waals surface area contributed by atoms with Gasteiger partial charge in [-0.2, -0.15) is 0 Å². The van der Waals surface area contributed by atoms with E-state index in [1.807, 2.05) is 6.07 Å². The van der Waals surface area contributed by atoms with Crippen molar-refractivity contribution in [3.05, 3.63) is 66.3 Å². The number of halogens is 1. The van der Waals surface area contributed by atoms with Crippen molar-refractivity contribution < 1.29 is 13.9 Å². The molecule has 2 aromatic rings. The van der Waals surface area contributed by atoms with Gasteiger partial charge < -0.3 is 15.4 Å².